The fraction of sp³-hybridized carbons (Fsp3) is 0.895. The first kappa shape index (κ1) is 27.2. The van der Waals surface area contributed by atoms with Crippen molar-refractivity contribution in [3.63, 3.8) is 0 Å². The van der Waals surface area contributed by atoms with E-state index in [0.717, 1.165) is 77.8 Å². The van der Waals surface area contributed by atoms with Gasteiger partial charge in [-0.05, 0) is 47.1 Å². The van der Waals surface area contributed by atoms with E-state index in [-0.39, 0.29) is 30.1 Å². The Morgan fingerprint density at radius 3 is 2.21 bits per heavy atom. The van der Waals surface area contributed by atoms with Crippen LogP contribution in [0.5, 0.6) is 0 Å². The Bertz CT molecular complexity index is 449. The van der Waals surface area contributed by atoms with Gasteiger partial charge >= 0.3 is 6.09 Å². The number of nitrogens with one attached hydrogen (secondary N) is 2. The standard InChI is InChI=1S/C19H39N5O3.HI/c1-6-26-16-8-10-22-17(20-5)21-9-7-11-23-12-14-24(15-13-23)18(25)27-19(2,3)4;/h6-16H2,1-5H3,(H2,20,21,22);1H. The van der Waals surface area contributed by atoms with Crippen molar-refractivity contribution in [2.75, 3.05) is 66.1 Å². The van der Waals surface area contributed by atoms with Gasteiger partial charge in [0, 0.05) is 59.5 Å². The second-order valence-corrected chi connectivity index (χ2v) is 7.64. The zero-order chi connectivity index (χ0) is 20.1. The summed E-state index contributed by atoms with van der Waals surface area (Å²) in [4.78, 5) is 20.5. The number of piperazine rings is 1. The Morgan fingerprint density at radius 1 is 1.07 bits per heavy atom. The lowest BCUT2D eigenvalue weighted by Crippen LogP contribution is -2.50. The molecular weight excluding hydrogens is 473 g/mol. The summed E-state index contributed by atoms with van der Waals surface area (Å²) >= 11 is 0. The largest absolute Gasteiger partial charge is 0.444 e. The van der Waals surface area contributed by atoms with E-state index in [1.165, 1.54) is 0 Å². The molecule has 9 heteroatoms. The van der Waals surface area contributed by atoms with Crippen LogP contribution in [0.15, 0.2) is 4.99 Å². The fourth-order valence-electron chi connectivity index (χ4n) is 2.74. The maximum absolute atomic E-state index is 12.1. The van der Waals surface area contributed by atoms with Crippen LogP contribution in [0.1, 0.15) is 40.5 Å². The van der Waals surface area contributed by atoms with Crippen LogP contribution in [-0.4, -0.2) is 93.5 Å². The molecule has 0 aromatic rings. The number of ether oxygens (including phenoxy) is 2. The van der Waals surface area contributed by atoms with Gasteiger partial charge in [0.15, 0.2) is 5.96 Å². The average Bonchev–Trinajstić information content (AvgIpc) is 2.62. The molecule has 1 aliphatic heterocycles. The first-order valence-electron chi connectivity index (χ1n) is 10.1. The van der Waals surface area contributed by atoms with Crippen LogP contribution >= 0.6 is 24.0 Å². The monoisotopic (exact) mass is 513 g/mol. The van der Waals surface area contributed by atoms with Crippen LogP contribution < -0.4 is 10.6 Å². The van der Waals surface area contributed by atoms with Gasteiger partial charge in [-0.3, -0.25) is 9.89 Å². The molecule has 1 heterocycles. The smallest absolute Gasteiger partial charge is 0.410 e. The van der Waals surface area contributed by atoms with Crippen molar-refractivity contribution in [3.05, 3.63) is 0 Å². The topological polar surface area (TPSA) is 78.4 Å². The van der Waals surface area contributed by atoms with Crippen LogP contribution in [0.4, 0.5) is 4.79 Å². The molecule has 0 unspecified atom stereocenters. The molecule has 1 fully saturated rings. The second kappa shape index (κ2) is 15.1. The highest BCUT2D eigenvalue weighted by Crippen LogP contribution is 2.11. The molecule has 28 heavy (non-hydrogen) atoms. The van der Waals surface area contributed by atoms with Crippen molar-refractivity contribution in [3.8, 4) is 0 Å². The number of aliphatic imine (C=N–C) groups is 1. The zero-order valence-corrected chi connectivity index (χ0v) is 20.6. The van der Waals surface area contributed by atoms with E-state index in [1.54, 1.807) is 11.9 Å². The van der Waals surface area contributed by atoms with E-state index in [9.17, 15) is 4.79 Å². The zero-order valence-electron chi connectivity index (χ0n) is 18.3. The van der Waals surface area contributed by atoms with Gasteiger partial charge in [-0.1, -0.05) is 0 Å². The minimum absolute atomic E-state index is 0. The van der Waals surface area contributed by atoms with E-state index in [1.807, 2.05) is 27.7 Å². The number of halogens is 1. The highest BCUT2D eigenvalue weighted by Gasteiger charge is 2.25. The normalized spacial score (nSPS) is 15.8. The minimum atomic E-state index is -0.435. The summed E-state index contributed by atoms with van der Waals surface area (Å²) in [5.41, 5.74) is -0.435. The number of nitrogens with zero attached hydrogens (tertiary/aromatic N) is 3. The average molecular weight is 513 g/mol. The third kappa shape index (κ3) is 12.6. The van der Waals surface area contributed by atoms with Crippen molar-refractivity contribution < 1.29 is 14.3 Å². The molecule has 0 saturated carbocycles. The van der Waals surface area contributed by atoms with Crippen LogP contribution in [0.25, 0.3) is 0 Å². The summed E-state index contributed by atoms with van der Waals surface area (Å²) in [5, 5.41) is 6.63. The summed E-state index contributed by atoms with van der Waals surface area (Å²) < 4.78 is 10.8. The SMILES string of the molecule is CCOCCCNC(=NC)NCCCN1CCN(C(=O)OC(C)(C)C)CC1.I. The highest BCUT2D eigenvalue weighted by molar-refractivity contribution is 14.0. The molecule has 0 aromatic heterocycles. The fourth-order valence-corrected chi connectivity index (χ4v) is 2.74. The molecule has 2 N–H and O–H groups in total. The summed E-state index contributed by atoms with van der Waals surface area (Å²) in [6.45, 7) is 15.2. The quantitative estimate of drug-likeness (QED) is 0.213. The first-order chi connectivity index (χ1) is 12.9. The maximum atomic E-state index is 12.1. The molecule has 8 nitrogen and oxygen atoms in total. The molecule has 1 amide bonds. The molecule has 1 aliphatic rings. The van der Waals surface area contributed by atoms with E-state index in [2.05, 4.69) is 20.5 Å². The van der Waals surface area contributed by atoms with Crippen molar-refractivity contribution in [1.29, 1.82) is 0 Å². The number of hydrogen-bond acceptors (Lipinski definition) is 5. The van der Waals surface area contributed by atoms with Crippen LogP contribution in [0, 0.1) is 0 Å². The Hall–Kier alpha value is -0.810. The molecule has 0 aromatic carbocycles. The lowest BCUT2D eigenvalue weighted by Gasteiger charge is -2.35. The summed E-state index contributed by atoms with van der Waals surface area (Å²) in [7, 11) is 1.79. The van der Waals surface area contributed by atoms with Gasteiger partial charge in [-0.25, -0.2) is 4.79 Å². The van der Waals surface area contributed by atoms with Crippen molar-refractivity contribution in [1.82, 2.24) is 20.4 Å². The third-order valence-corrected chi connectivity index (χ3v) is 4.15. The van der Waals surface area contributed by atoms with E-state index >= 15 is 0 Å². The second-order valence-electron chi connectivity index (χ2n) is 7.64. The molecule has 166 valence electrons. The molecule has 0 spiro atoms. The molecule has 0 radical (unpaired) electrons. The van der Waals surface area contributed by atoms with Gasteiger partial charge in [-0.2, -0.15) is 0 Å². The van der Waals surface area contributed by atoms with Crippen molar-refractivity contribution >= 4 is 36.0 Å². The van der Waals surface area contributed by atoms with Gasteiger partial charge in [0.2, 0.25) is 0 Å². The number of rotatable bonds is 9. The number of hydrogen-bond donors (Lipinski definition) is 2. The van der Waals surface area contributed by atoms with Gasteiger partial charge in [0.25, 0.3) is 0 Å². The Balaban J connectivity index is 0.00000729. The molecular formula is C19H40IN5O3. The number of amides is 1. The van der Waals surface area contributed by atoms with Gasteiger partial charge in [-0.15, -0.1) is 24.0 Å². The summed E-state index contributed by atoms with van der Waals surface area (Å²) in [5.74, 6) is 0.834. The first-order valence-corrected chi connectivity index (χ1v) is 10.1. The van der Waals surface area contributed by atoms with Crippen molar-refractivity contribution in [2.24, 2.45) is 4.99 Å². The van der Waals surface area contributed by atoms with Gasteiger partial charge in [0.05, 0.1) is 0 Å². The lowest BCUT2D eigenvalue weighted by molar-refractivity contribution is 0.0145. The summed E-state index contributed by atoms with van der Waals surface area (Å²) in [6.07, 6.45) is 1.80. The highest BCUT2D eigenvalue weighted by atomic mass is 127. The van der Waals surface area contributed by atoms with E-state index in [0.29, 0.717) is 0 Å². The van der Waals surface area contributed by atoms with Gasteiger partial charge < -0.3 is 25.0 Å². The van der Waals surface area contributed by atoms with E-state index in [4.69, 9.17) is 9.47 Å². The predicted octanol–water partition coefficient (Wildman–Crippen LogP) is 2.14. The minimum Gasteiger partial charge on any atom is -0.444 e. The Kier molecular flexibility index (Phi) is 14.6. The third-order valence-electron chi connectivity index (χ3n) is 4.15. The number of guanidine groups is 1. The van der Waals surface area contributed by atoms with Crippen LogP contribution in [-0.2, 0) is 9.47 Å². The lowest BCUT2D eigenvalue weighted by atomic mass is 10.2. The van der Waals surface area contributed by atoms with Crippen LogP contribution in [0.3, 0.4) is 0 Å². The molecule has 0 bridgehead atoms. The summed E-state index contributed by atoms with van der Waals surface area (Å²) in [6, 6.07) is 0. The molecule has 0 aliphatic carbocycles. The number of carbonyl (C=O) groups excluding carboxylic acids is 1. The van der Waals surface area contributed by atoms with Gasteiger partial charge in [0.1, 0.15) is 5.60 Å². The molecule has 1 saturated heterocycles. The molecule has 1 rings (SSSR count). The predicted molar refractivity (Wildman–Crippen MR) is 125 cm³/mol. The Labute approximate surface area is 187 Å². The Morgan fingerprint density at radius 2 is 1.68 bits per heavy atom. The van der Waals surface area contributed by atoms with Crippen molar-refractivity contribution in [2.45, 2.75) is 46.1 Å². The number of carbonyl (C=O) groups is 1. The maximum Gasteiger partial charge on any atom is 0.410 e. The van der Waals surface area contributed by atoms with Crippen LogP contribution in [0.2, 0.25) is 0 Å². The van der Waals surface area contributed by atoms with E-state index < -0.39 is 5.60 Å². The molecule has 0 atom stereocenters.